The molecule has 47 heavy (non-hydrogen) atoms. The van der Waals surface area contributed by atoms with Crippen LogP contribution in [-0.2, 0) is 0 Å². The Morgan fingerprint density at radius 1 is 0.383 bits per heavy atom. The highest BCUT2D eigenvalue weighted by atomic mass is 15.3. The second-order valence-corrected chi connectivity index (χ2v) is 10.7. The summed E-state index contributed by atoms with van der Waals surface area (Å²) in [6, 6.07) is 35.2. The van der Waals surface area contributed by atoms with E-state index < -0.39 is 0 Å². The minimum Gasteiger partial charge on any atom is -0.278 e. The number of anilines is 6. The van der Waals surface area contributed by atoms with Gasteiger partial charge in [0.15, 0.2) is 0 Å². The Morgan fingerprint density at radius 3 is 1.06 bits per heavy atom. The molecule has 4 aromatic heterocycles. The van der Waals surface area contributed by atoms with Gasteiger partial charge in [0, 0.05) is 46.3 Å². The maximum absolute atomic E-state index is 4.82. The van der Waals surface area contributed by atoms with Gasteiger partial charge >= 0.3 is 0 Å². The normalized spacial score (nSPS) is 10.4. The van der Waals surface area contributed by atoms with E-state index in [-0.39, 0.29) is 0 Å². The number of fused-ring (bicyclic) bond motifs is 2. The Kier molecular flexibility index (Phi) is 10.5. The van der Waals surface area contributed by atoms with Gasteiger partial charge in [-0.05, 0) is 98.6 Å². The van der Waals surface area contributed by atoms with Gasteiger partial charge in [0.25, 0.3) is 0 Å². The van der Waals surface area contributed by atoms with Gasteiger partial charge in [-0.15, -0.1) is 0 Å². The maximum Gasteiger partial charge on any atom is 0.138 e. The molecule has 236 valence electrons. The lowest BCUT2D eigenvalue weighted by Gasteiger charge is -2.31. The molecule has 0 spiro atoms. The molecule has 6 nitrogen and oxygen atoms in total. The van der Waals surface area contributed by atoms with Crippen molar-refractivity contribution in [1.29, 1.82) is 0 Å². The molecule has 7 rings (SSSR count). The zero-order valence-corrected chi connectivity index (χ0v) is 28.3. The summed E-state index contributed by atoms with van der Waals surface area (Å²) in [4.78, 5) is 23.6. The van der Waals surface area contributed by atoms with Crippen LogP contribution >= 0.6 is 0 Å². The first-order valence-electron chi connectivity index (χ1n) is 16.3. The number of nitrogens with zero attached hydrogens (tertiary/aromatic N) is 6. The molecule has 0 N–H and O–H groups in total. The van der Waals surface area contributed by atoms with Gasteiger partial charge in [-0.2, -0.15) is 0 Å². The van der Waals surface area contributed by atoms with Crippen LogP contribution in [0.25, 0.3) is 21.5 Å². The molecule has 0 saturated carbocycles. The van der Waals surface area contributed by atoms with Gasteiger partial charge in [0.1, 0.15) is 23.3 Å². The van der Waals surface area contributed by atoms with Crippen molar-refractivity contribution >= 4 is 56.2 Å². The van der Waals surface area contributed by atoms with E-state index in [4.69, 9.17) is 19.9 Å². The molecule has 0 atom stereocenters. The van der Waals surface area contributed by atoms with Crippen molar-refractivity contribution in [3.8, 4) is 0 Å². The lowest BCUT2D eigenvalue weighted by atomic mass is 9.92. The highest BCUT2D eigenvalue weighted by Gasteiger charge is 2.27. The number of aromatic nitrogens is 4. The standard InChI is InChI=1S/C37H30N6.2C2H6/c1-25-16-17-28-29(22-25)37(43(34-14-6-10-20-40-34)35-15-7-11-21-41-35)31-24-27(3)26(2)23-30(31)36(28)42(32-12-4-8-18-38-32)33-13-5-9-19-39-33;2*1-2/h4-24H,1-3H3;2*1-2H3. The number of aryl methyl sites for hydroxylation is 3. The predicted octanol–water partition coefficient (Wildman–Crippen LogP) is 11.5. The van der Waals surface area contributed by atoms with Crippen LogP contribution in [0.3, 0.4) is 0 Å². The Hall–Kier alpha value is -5.62. The predicted molar refractivity (Wildman–Crippen MR) is 199 cm³/mol. The van der Waals surface area contributed by atoms with E-state index in [1.807, 2.05) is 125 Å². The molecule has 0 amide bonds. The largest absolute Gasteiger partial charge is 0.278 e. The summed E-state index contributed by atoms with van der Waals surface area (Å²) in [6.07, 6.45) is 7.31. The summed E-state index contributed by atoms with van der Waals surface area (Å²) in [7, 11) is 0. The molecule has 0 bridgehead atoms. The van der Waals surface area contributed by atoms with Gasteiger partial charge in [0.2, 0.25) is 0 Å². The van der Waals surface area contributed by atoms with Crippen LogP contribution in [0.15, 0.2) is 128 Å². The highest BCUT2D eigenvalue weighted by molar-refractivity contribution is 6.23. The summed E-state index contributed by atoms with van der Waals surface area (Å²) >= 11 is 0. The Bertz CT molecular complexity index is 1970. The number of benzene rings is 3. The van der Waals surface area contributed by atoms with Crippen LogP contribution in [0.1, 0.15) is 44.4 Å². The van der Waals surface area contributed by atoms with Crippen molar-refractivity contribution in [2.45, 2.75) is 48.5 Å². The summed E-state index contributed by atoms with van der Waals surface area (Å²) < 4.78 is 0. The molecule has 3 aromatic carbocycles. The van der Waals surface area contributed by atoms with Crippen LogP contribution in [0, 0.1) is 20.8 Å². The molecule has 0 aliphatic heterocycles. The Labute approximate surface area is 278 Å². The van der Waals surface area contributed by atoms with Gasteiger partial charge < -0.3 is 0 Å². The van der Waals surface area contributed by atoms with Gasteiger partial charge in [-0.1, -0.05) is 69.7 Å². The molecule has 0 radical (unpaired) electrons. The molecular weight excluding hydrogens is 576 g/mol. The Balaban J connectivity index is 0.00000105. The zero-order valence-electron chi connectivity index (χ0n) is 28.3. The van der Waals surface area contributed by atoms with E-state index in [2.05, 4.69) is 60.9 Å². The molecule has 7 aromatic rings. The summed E-state index contributed by atoms with van der Waals surface area (Å²) in [5, 5.41) is 4.33. The quantitative estimate of drug-likeness (QED) is 0.136. The lowest BCUT2D eigenvalue weighted by molar-refractivity contribution is 1.13. The van der Waals surface area contributed by atoms with E-state index >= 15 is 0 Å². The SMILES string of the molecule is CC.CC.Cc1ccc2c(N(c3ccccn3)c3ccccn3)c3cc(C)c(C)cc3c(N(c3ccccn3)c3ccccn3)c2c1. The van der Waals surface area contributed by atoms with Crippen molar-refractivity contribution < 1.29 is 0 Å². The fourth-order valence-corrected chi connectivity index (χ4v) is 5.68. The minimum atomic E-state index is 0.793. The second-order valence-electron chi connectivity index (χ2n) is 10.7. The third-order valence-corrected chi connectivity index (χ3v) is 7.79. The van der Waals surface area contributed by atoms with E-state index in [1.54, 1.807) is 0 Å². The van der Waals surface area contributed by atoms with Gasteiger partial charge in [-0.25, -0.2) is 19.9 Å². The van der Waals surface area contributed by atoms with Crippen molar-refractivity contribution in [1.82, 2.24) is 19.9 Å². The fourth-order valence-electron chi connectivity index (χ4n) is 5.68. The van der Waals surface area contributed by atoms with E-state index in [1.165, 1.54) is 11.1 Å². The van der Waals surface area contributed by atoms with E-state index in [0.717, 1.165) is 61.8 Å². The minimum absolute atomic E-state index is 0.793. The smallest absolute Gasteiger partial charge is 0.138 e. The van der Waals surface area contributed by atoms with Crippen LogP contribution < -0.4 is 9.80 Å². The lowest BCUT2D eigenvalue weighted by Crippen LogP contribution is -2.17. The average Bonchev–Trinajstić information content (AvgIpc) is 3.14. The van der Waals surface area contributed by atoms with Crippen LogP contribution in [-0.4, -0.2) is 19.9 Å². The second kappa shape index (κ2) is 15.1. The molecule has 0 saturated heterocycles. The van der Waals surface area contributed by atoms with Crippen LogP contribution in [0.5, 0.6) is 0 Å². The first kappa shape index (κ1) is 32.8. The van der Waals surface area contributed by atoms with Crippen molar-refractivity contribution in [2.75, 3.05) is 9.80 Å². The summed E-state index contributed by atoms with van der Waals surface area (Å²) in [5.41, 5.74) is 5.62. The average molecular weight is 619 g/mol. The molecular formula is C41H42N6. The number of hydrogen-bond acceptors (Lipinski definition) is 6. The Morgan fingerprint density at radius 2 is 0.723 bits per heavy atom. The monoisotopic (exact) mass is 618 g/mol. The van der Waals surface area contributed by atoms with Gasteiger partial charge in [0.05, 0.1) is 11.4 Å². The molecule has 0 fully saturated rings. The van der Waals surface area contributed by atoms with Crippen molar-refractivity contribution in [2.24, 2.45) is 0 Å². The van der Waals surface area contributed by atoms with Crippen LogP contribution in [0.4, 0.5) is 34.6 Å². The highest BCUT2D eigenvalue weighted by Crippen LogP contribution is 2.50. The molecule has 6 heteroatoms. The zero-order chi connectivity index (χ0) is 33.3. The third-order valence-electron chi connectivity index (χ3n) is 7.79. The molecule has 0 unspecified atom stereocenters. The fraction of sp³-hybridized carbons (Fsp3) is 0.171. The first-order chi connectivity index (χ1) is 23.1. The molecule has 0 aliphatic carbocycles. The summed E-state index contributed by atoms with van der Waals surface area (Å²) in [5.74, 6) is 3.17. The third kappa shape index (κ3) is 6.54. The van der Waals surface area contributed by atoms with E-state index in [0.29, 0.717) is 0 Å². The van der Waals surface area contributed by atoms with Crippen molar-refractivity contribution in [3.05, 3.63) is 145 Å². The number of hydrogen-bond donors (Lipinski definition) is 0. The molecule has 0 aliphatic rings. The topological polar surface area (TPSA) is 58.0 Å². The van der Waals surface area contributed by atoms with Gasteiger partial charge in [-0.3, -0.25) is 9.80 Å². The first-order valence-corrected chi connectivity index (χ1v) is 16.3. The maximum atomic E-state index is 4.82. The number of rotatable bonds is 6. The van der Waals surface area contributed by atoms with Crippen LogP contribution in [0.2, 0.25) is 0 Å². The number of pyridine rings is 4. The van der Waals surface area contributed by atoms with E-state index in [9.17, 15) is 0 Å². The molecule has 4 heterocycles. The van der Waals surface area contributed by atoms with Crippen molar-refractivity contribution in [3.63, 3.8) is 0 Å². The summed E-state index contributed by atoms with van der Waals surface area (Å²) in [6.45, 7) is 14.5.